The van der Waals surface area contributed by atoms with Crippen LogP contribution in [-0.4, -0.2) is 47.9 Å². The van der Waals surface area contributed by atoms with Crippen molar-refractivity contribution in [1.29, 1.82) is 0 Å². The van der Waals surface area contributed by atoms with Gasteiger partial charge in [-0.3, -0.25) is 0 Å². The van der Waals surface area contributed by atoms with Gasteiger partial charge in [-0.05, 0) is 54.9 Å². The Morgan fingerprint density at radius 1 is 1.03 bits per heavy atom. The van der Waals surface area contributed by atoms with Crippen LogP contribution in [0.4, 0.5) is 11.8 Å². The van der Waals surface area contributed by atoms with Crippen molar-refractivity contribution in [2.24, 2.45) is 0 Å². The number of aromatic nitrogens is 2. The highest BCUT2D eigenvalue weighted by molar-refractivity contribution is 7.80. The molecule has 0 atom stereocenters. The third-order valence-electron chi connectivity index (χ3n) is 6.82. The Balaban J connectivity index is 1.31. The molecule has 188 valence electrons. The van der Waals surface area contributed by atoms with Crippen molar-refractivity contribution in [2.75, 3.05) is 43.1 Å². The van der Waals surface area contributed by atoms with Gasteiger partial charge in [-0.1, -0.05) is 54.8 Å². The summed E-state index contributed by atoms with van der Waals surface area (Å²) in [5.41, 5.74) is 1.33. The van der Waals surface area contributed by atoms with Crippen LogP contribution in [0.5, 0.6) is 11.6 Å². The second-order valence-electron chi connectivity index (χ2n) is 9.20. The quantitative estimate of drug-likeness (QED) is 0.390. The molecule has 9 heteroatoms. The van der Waals surface area contributed by atoms with Gasteiger partial charge in [0.2, 0.25) is 11.8 Å². The van der Waals surface area contributed by atoms with Gasteiger partial charge < -0.3 is 25.0 Å². The Morgan fingerprint density at radius 2 is 1.75 bits per heavy atom. The van der Waals surface area contributed by atoms with Crippen LogP contribution in [0.1, 0.15) is 31.2 Å². The molecule has 2 N–H and O–H groups in total. The summed E-state index contributed by atoms with van der Waals surface area (Å²) in [5, 5.41) is 7.86. The first-order valence-electron chi connectivity index (χ1n) is 12.4. The molecule has 7 nitrogen and oxygen atoms in total. The van der Waals surface area contributed by atoms with Crippen LogP contribution in [0.2, 0.25) is 5.02 Å². The fourth-order valence-electron chi connectivity index (χ4n) is 4.90. The average molecular weight is 524 g/mol. The molecule has 0 spiro atoms. The van der Waals surface area contributed by atoms with Gasteiger partial charge in [0.15, 0.2) is 5.11 Å². The van der Waals surface area contributed by atoms with Crippen molar-refractivity contribution in [3.63, 3.8) is 0 Å². The van der Waals surface area contributed by atoms with Crippen LogP contribution in [-0.2, 0) is 10.2 Å². The number of morpholine rings is 1. The predicted molar refractivity (Wildman–Crippen MR) is 147 cm³/mol. The first-order chi connectivity index (χ1) is 17.6. The number of anilines is 2. The largest absolute Gasteiger partial charge is 0.439 e. The maximum absolute atomic E-state index is 6.13. The lowest BCUT2D eigenvalue weighted by atomic mass is 9.79. The molecule has 0 unspecified atom stereocenters. The van der Waals surface area contributed by atoms with Gasteiger partial charge in [-0.15, -0.1) is 0 Å². The Labute approximate surface area is 222 Å². The monoisotopic (exact) mass is 523 g/mol. The number of hydrogen-bond donors (Lipinski definition) is 2. The molecule has 5 rings (SSSR count). The number of ether oxygens (including phenoxy) is 2. The maximum atomic E-state index is 6.13. The van der Waals surface area contributed by atoms with Crippen LogP contribution in [0.25, 0.3) is 0 Å². The Kier molecular flexibility index (Phi) is 7.84. The molecule has 1 aliphatic carbocycles. The maximum Gasteiger partial charge on any atom is 0.234 e. The van der Waals surface area contributed by atoms with E-state index in [0.29, 0.717) is 35.9 Å². The summed E-state index contributed by atoms with van der Waals surface area (Å²) in [6.45, 7) is 3.57. The van der Waals surface area contributed by atoms with Gasteiger partial charge in [0.1, 0.15) is 11.6 Å². The molecule has 2 heterocycles. The van der Waals surface area contributed by atoms with Crippen LogP contribution >= 0.6 is 23.8 Å². The lowest BCUT2D eigenvalue weighted by Gasteiger charge is -2.31. The van der Waals surface area contributed by atoms with Crippen molar-refractivity contribution < 1.29 is 9.47 Å². The number of nitrogens with zero attached hydrogens (tertiary/aromatic N) is 3. The van der Waals surface area contributed by atoms with Gasteiger partial charge >= 0.3 is 0 Å². The van der Waals surface area contributed by atoms with Crippen LogP contribution in [0.3, 0.4) is 0 Å². The molecule has 0 amide bonds. The third kappa shape index (κ3) is 6.06. The highest BCUT2D eigenvalue weighted by Crippen LogP contribution is 2.41. The molecule has 1 saturated heterocycles. The summed E-state index contributed by atoms with van der Waals surface area (Å²) in [7, 11) is 0. The smallest absolute Gasteiger partial charge is 0.234 e. The van der Waals surface area contributed by atoms with Gasteiger partial charge in [-0.2, -0.15) is 9.97 Å². The van der Waals surface area contributed by atoms with E-state index in [1.165, 1.54) is 18.4 Å². The third-order valence-corrected chi connectivity index (χ3v) is 7.32. The number of nitrogens with one attached hydrogen (secondary N) is 2. The highest BCUT2D eigenvalue weighted by Gasteiger charge is 2.35. The zero-order valence-corrected chi connectivity index (χ0v) is 21.7. The van der Waals surface area contributed by atoms with E-state index >= 15 is 0 Å². The summed E-state index contributed by atoms with van der Waals surface area (Å²) >= 11 is 11.8. The minimum Gasteiger partial charge on any atom is -0.439 e. The minimum absolute atomic E-state index is 0.0361. The summed E-state index contributed by atoms with van der Waals surface area (Å²) in [6.07, 6.45) is 4.63. The van der Waals surface area contributed by atoms with E-state index < -0.39 is 0 Å². The summed E-state index contributed by atoms with van der Waals surface area (Å²) < 4.78 is 11.5. The van der Waals surface area contributed by atoms with Crippen molar-refractivity contribution >= 4 is 40.7 Å². The topological polar surface area (TPSA) is 71.5 Å². The normalized spacial score (nSPS) is 17.0. The number of para-hydroxylation sites is 1. The molecule has 1 saturated carbocycles. The van der Waals surface area contributed by atoms with Crippen molar-refractivity contribution in [3.05, 3.63) is 71.2 Å². The molecule has 2 aliphatic rings. The van der Waals surface area contributed by atoms with Crippen LogP contribution in [0.15, 0.2) is 60.7 Å². The van der Waals surface area contributed by atoms with E-state index in [4.69, 9.17) is 38.3 Å². The zero-order valence-electron chi connectivity index (χ0n) is 20.1. The fraction of sp³-hybridized carbons (Fsp3) is 0.370. The van der Waals surface area contributed by atoms with Crippen molar-refractivity contribution in [2.45, 2.75) is 31.1 Å². The second kappa shape index (κ2) is 11.4. The summed E-state index contributed by atoms with van der Waals surface area (Å²) in [4.78, 5) is 11.5. The van der Waals surface area contributed by atoms with E-state index in [9.17, 15) is 0 Å². The molecule has 36 heavy (non-hydrogen) atoms. The average Bonchev–Trinajstić information content (AvgIpc) is 3.39. The molecule has 2 fully saturated rings. The van der Waals surface area contributed by atoms with Crippen LogP contribution < -0.4 is 20.3 Å². The Bertz CT molecular complexity index is 1170. The van der Waals surface area contributed by atoms with E-state index in [0.717, 1.165) is 43.3 Å². The lowest BCUT2D eigenvalue weighted by molar-refractivity contribution is 0.122. The first-order valence-corrected chi connectivity index (χ1v) is 13.1. The summed E-state index contributed by atoms with van der Waals surface area (Å²) in [5.74, 6) is 2.34. The molecule has 1 aliphatic heterocycles. The molecular formula is C27H30ClN5O2S. The van der Waals surface area contributed by atoms with E-state index in [1.807, 2.05) is 48.5 Å². The van der Waals surface area contributed by atoms with E-state index in [1.54, 1.807) is 0 Å². The minimum atomic E-state index is 0.0361. The Morgan fingerprint density at radius 3 is 2.47 bits per heavy atom. The second-order valence-corrected chi connectivity index (χ2v) is 10.0. The highest BCUT2D eigenvalue weighted by atomic mass is 35.5. The number of rotatable bonds is 7. The predicted octanol–water partition coefficient (Wildman–Crippen LogP) is 5.56. The molecule has 0 radical (unpaired) electrons. The molecule has 2 aromatic carbocycles. The SMILES string of the molecule is S=C(NCC1(c2ccc(Cl)cc2)CCCC1)Nc1nc(Oc2ccccc2)cc(N2CCOCC2)n1. The van der Waals surface area contributed by atoms with Crippen molar-refractivity contribution in [3.8, 4) is 11.6 Å². The number of benzene rings is 2. The van der Waals surface area contributed by atoms with Crippen molar-refractivity contribution in [1.82, 2.24) is 15.3 Å². The fourth-order valence-corrected chi connectivity index (χ4v) is 5.19. The molecular weight excluding hydrogens is 494 g/mol. The molecule has 0 bridgehead atoms. The zero-order chi connectivity index (χ0) is 24.8. The first kappa shape index (κ1) is 24.7. The van der Waals surface area contributed by atoms with Crippen LogP contribution in [0, 0.1) is 0 Å². The van der Waals surface area contributed by atoms with Gasteiger partial charge in [-0.25, -0.2) is 0 Å². The molecule has 1 aromatic heterocycles. The van der Waals surface area contributed by atoms with E-state index in [-0.39, 0.29) is 5.41 Å². The number of halogens is 1. The van der Waals surface area contributed by atoms with Gasteiger partial charge in [0, 0.05) is 36.1 Å². The van der Waals surface area contributed by atoms with Gasteiger partial charge in [0.25, 0.3) is 0 Å². The standard InChI is InChI=1S/C27H30ClN5O2S/c28-21-10-8-20(9-11-21)27(12-4-5-13-27)19-29-26(36)32-25-30-23(33-14-16-34-17-15-33)18-24(31-25)35-22-6-2-1-3-7-22/h1-3,6-11,18H,4-5,12-17,19H2,(H2,29,30,31,32,36). The number of hydrogen-bond acceptors (Lipinski definition) is 6. The van der Waals surface area contributed by atoms with E-state index in [2.05, 4.69) is 32.7 Å². The Hall–Kier alpha value is -2.94. The summed E-state index contributed by atoms with van der Waals surface area (Å²) in [6, 6.07) is 19.6. The van der Waals surface area contributed by atoms with Gasteiger partial charge in [0.05, 0.1) is 13.2 Å². The number of thiocarbonyl (C=S) groups is 1. The lowest BCUT2D eigenvalue weighted by Crippen LogP contribution is -2.41. The molecule has 3 aromatic rings.